The summed E-state index contributed by atoms with van der Waals surface area (Å²) in [5.74, 6) is 1.88. The number of nitrogens with zero attached hydrogens (tertiary/aromatic N) is 2. The fraction of sp³-hybridized carbons (Fsp3) is 0.583. The highest BCUT2D eigenvalue weighted by Crippen LogP contribution is 2.27. The maximum absolute atomic E-state index is 4.47. The lowest BCUT2D eigenvalue weighted by atomic mass is 9.92. The second kappa shape index (κ2) is 4.52. The van der Waals surface area contributed by atoms with Gasteiger partial charge in [0.05, 0.1) is 0 Å². The van der Waals surface area contributed by atoms with Gasteiger partial charge in [-0.15, -0.1) is 0 Å². The molecule has 0 amide bonds. The number of aromatic nitrogens is 1. The minimum absolute atomic E-state index is 0.604. The molecule has 1 fully saturated rings. The zero-order chi connectivity index (χ0) is 10.8. The summed E-state index contributed by atoms with van der Waals surface area (Å²) in [5, 5.41) is 0. The summed E-state index contributed by atoms with van der Waals surface area (Å²) in [6.45, 7) is 5.77. The van der Waals surface area contributed by atoms with Crippen LogP contribution in [0.1, 0.15) is 26.7 Å². The first-order valence-electron chi connectivity index (χ1n) is 5.56. The molecule has 1 aromatic heterocycles. The maximum atomic E-state index is 4.47. The average Bonchev–Trinajstić information content (AvgIpc) is 2.24. The van der Waals surface area contributed by atoms with Gasteiger partial charge in [-0.2, -0.15) is 0 Å². The molecule has 0 N–H and O–H groups in total. The fourth-order valence-corrected chi connectivity index (χ4v) is 2.43. The van der Waals surface area contributed by atoms with Crippen LogP contribution in [0.3, 0.4) is 0 Å². The molecule has 15 heavy (non-hydrogen) atoms. The van der Waals surface area contributed by atoms with E-state index < -0.39 is 0 Å². The second-order valence-electron chi connectivity index (χ2n) is 4.39. The van der Waals surface area contributed by atoms with Crippen molar-refractivity contribution in [2.24, 2.45) is 5.92 Å². The van der Waals surface area contributed by atoms with Crippen LogP contribution in [0.15, 0.2) is 22.8 Å². The van der Waals surface area contributed by atoms with Crippen LogP contribution in [0.2, 0.25) is 0 Å². The summed E-state index contributed by atoms with van der Waals surface area (Å²) < 4.78 is 1.05. The van der Waals surface area contributed by atoms with Gasteiger partial charge in [0.1, 0.15) is 5.82 Å². The largest absolute Gasteiger partial charge is 0.354 e. The van der Waals surface area contributed by atoms with Gasteiger partial charge in [0.25, 0.3) is 0 Å². The molecule has 0 aromatic carbocycles. The molecule has 2 heterocycles. The Labute approximate surface area is 99.8 Å². The summed E-state index contributed by atoms with van der Waals surface area (Å²) >= 11 is 3.42. The van der Waals surface area contributed by atoms with Crippen molar-refractivity contribution in [3.63, 3.8) is 0 Å². The number of hydrogen-bond donors (Lipinski definition) is 0. The Morgan fingerprint density at radius 2 is 2.20 bits per heavy atom. The normalized spacial score (nSPS) is 26.7. The van der Waals surface area contributed by atoms with Crippen molar-refractivity contribution in [1.82, 2.24) is 4.98 Å². The highest BCUT2D eigenvalue weighted by molar-refractivity contribution is 9.10. The van der Waals surface area contributed by atoms with E-state index in [0.29, 0.717) is 6.04 Å². The number of pyridine rings is 1. The van der Waals surface area contributed by atoms with Crippen molar-refractivity contribution in [3.8, 4) is 0 Å². The molecule has 1 aromatic rings. The van der Waals surface area contributed by atoms with Crippen LogP contribution in [0.5, 0.6) is 0 Å². The lowest BCUT2D eigenvalue weighted by Crippen LogP contribution is -2.42. The molecule has 2 nitrogen and oxygen atoms in total. The van der Waals surface area contributed by atoms with Gasteiger partial charge < -0.3 is 4.90 Å². The van der Waals surface area contributed by atoms with Gasteiger partial charge in [0.15, 0.2) is 0 Å². The number of hydrogen-bond acceptors (Lipinski definition) is 2. The fourth-order valence-electron chi connectivity index (χ4n) is 2.20. The van der Waals surface area contributed by atoms with Gasteiger partial charge in [0.2, 0.25) is 0 Å². The summed E-state index contributed by atoms with van der Waals surface area (Å²) in [5.41, 5.74) is 0. The van der Waals surface area contributed by atoms with Gasteiger partial charge in [-0.1, -0.05) is 6.92 Å². The van der Waals surface area contributed by atoms with Crippen LogP contribution in [0.4, 0.5) is 5.82 Å². The third kappa shape index (κ3) is 2.33. The predicted molar refractivity (Wildman–Crippen MR) is 67.1 cm³/mol. The first-order chi connectivity index (χ1) is 7.18. The van der Waals surface area contributed by atoms with E-state index in [0.717, 1.165) is 22.8 Å². The zero-order valence-electron chi connectivity index (χ0n) is 9.28. The van der Waals surface area contributed by atoms with Crippen molar-refractivity contribution in [2.45, 2.75) is 32.7 Å². The van der Waals surface area contributed by atoms with Gasteiger partial charge in [-0.05, 0) is 53.7 Å². The highest BCUT2D eigenvalue weighted by atomic mass is 79.9. The van der Waals surface area contributed by atoms with Crippen molar-refractivity contribution in [2.75, 3.05) is 11.4 Å². The van der Waals surface area contributed by atoms with Crippen LogP contribution < -0.4 is 4.90 Å². The van der Waals surface area contributed by atoms with Gasteiger partial charge >= 0.3 is 0 Å². The predicted octanol–water partition coefficient (Wildman–Crippen LogP) is 3.47. The Kier molecular flexibility index (Phi) is 3.29. The van der Waals surface area contributed by atoms with E-state index >= 15 is 0 Å². The topological polar surface area (TPSA) is 16.1 Å². The molecular formula is C12H17BrN2. The molecule has 2 unspecified atom stereocenters. The summed E-state index contributed by atoms with van der Waals surface area (Å²) in [6, 6.07) is 4.76. The summed E-state index contributed by atoms with van der Waals surface area (Å²) in [7, 11) is 0. The number of piperidine rings is 1. The van der Waals surface area contributed by atoms with Crippen LogP contribution in [0.25, 0.3) is 0 Å². The molecule has 1 aliphatic rings. The van der Waals surface area contributed by atoms with E-state index in [9.17, 15) is 0 Å². The van der Waals surface area contributed by atoms with E-state index in [4.69, 9.17) is 0 Å². The highest BCUT2D eigenvalue weighted by Gasteiger charge is 2.25. The van der Waals surface area contributed by atoms with E-state index in [1.807, 2.05) is 6.20 Å². The lowest BCUT2D eigenvalue weighted by molar-refractivity contribution is 0.361. The standard InChI is InChI=1S/C12H17BrN2/c1-9-4-3-7-15(10(9)2)12-6-5-11(13)8-14-12/h5-6,8-10H,3-4,7H2,1-2H3. The summed E-state index contributed by atoms with van der Waals surface area (Å²) in [6.07, 6.45) is 4.50. The summed E-state index contributed by atoms with van der Waals surface area (Å²) in [4.78, 5) is 6.88. The third-order valence-corrected chi connectivity index (χ3v) is 3.85. The Hall–Kier alpha value is -0.570. The molecule has 0 aliphatic carbocycles. The second-order valence-corrected chi connectivity index (χ2v) is 5.30. The van der Waals surface area contributed by atoms with Crippen molar-refractivity contribution < 1.29 is 0 Å². The van der Waals surface area contributed by atoms with Crippen molar-refractivity contribution >= 4 is 21.7 Å². The third-order valence-electron chi connectivity index (χ3n) is 3.38. The minimum Gasteiger partial charge on any atom is -0.354 e. The first-order valence-corrected chi connectivity index (χ1v) is 6.36. The van der Waals surface area contributed by atoms with Crippen LogP contribution in [-0.4, -0.2) is 17.6 Å². The smallest absolute Gasteiger partial charge is 0.128 e. The van der Waals surface area contributed by atoms with Crippen LogP contribution in [-0.2, 0) is 0 Å². The van der Waals surface area contributed by atoms with E-state index in [-0.39, 0.29) is 0 Å². The van der Waals surface area contributed by atoms with Crippen LogP contribution in [0, 0.1) is 5.92 Å². The molecule has 2 rings (SSSR count). The Balaban J connectivity index is 2.18. The zero-order valence-corrected chi connectivity index (χ0v) is 10.9. The Morgan fingerprint density at radius 3 is 2.87 bits per heavy atom. The molecule has 1 saturated heterocycles. The van der Waals surface area contributed by atoms with Gasteiger partial charge in [-0.25, -0.2) is 4.98 Å². The van der Waals surface area contributed by atoms with Gasteiger partial charge in [-0.3, -0.25) is 0 Å². The number of anilines is 1. The van der Waals surface area contributed by atoms with E-state index in [2.05, 4.69) is 51.8 Å². The monoisotopic (exact) mass is 268 g/mol. The van der Waals surface area contributed by atoms with Crippen LogP contribution >= 0.6 is 15.9 Å². The van der Waals surface area contributed by atoms with E-state index in [1.54, 1.807) is 0 Å². The number of rotatable bonds is 1. The van der Waals surface area contributed by atoms with E-state index in [1.165, 1.54) is 12.8 Å². The van der Waals surface area contributed by atoms with Crippen molar-refractivity contribution in [3.05, 3.63) is 22.8 Å². The Bertz CT molecular complexity index is 323. The first kappa shape index (κ1) is 10.9. The number of halogens is 1. The van der Waals surface area contributed by atoms with Gasteiger partial charge in [0, 0.05) is 23.3 Å². The quantitative estimate of drug-likeness (QED) is 0.776. The Morgan fingerprint density at radius 1 is 1.40 bits per heavy atom. The molecule has 0 spiro atoms. The molecule has 3 heteroatoms. The minimum atomic E-state index is 0.604. The molecular weight excluding hydrogens is 252 g/mol. The molecule has 1 aliphatic heterocycles. The lowest BCUT2D eigenvalue weighted by Gasteiger charge is -2.38. The molecule has 0 bridgehead atoms. The molecule has 0 saturated carbocycles. The molecule has 2 atom stereocenters. The molecule has 0 radical (unpaired) electrons. The average molecular weight is 269 g/mol. The van der Waals surface area contributed by atoms with Crippen molar-refractivity contribution in [1.29, 1.82) is 0 Å². The SMILES string of the molecule is CC1CCCN(c2ccc(Br)cn2)C1C. The maximum Gasteiger partial charge on any atom is 0.128 e. The molecule has 82 valence electrons.